The molecule has 0 aromatic heterocycles. The number of hydrazine groups is 1. The Morgan fingerprint density at radius 3 is 2.38 bits per heavy atom. The zero-order chi connectivity index (χ0) is 10.3. The van der Waals surface area contributed by atoms with Crippen LogP contribution < -0.4 is 16.6 Å². The zero-order valence-corrected chi connectivity index (χ0v) is 9.15. The van der Waals surface area contributed by atoms with Gasteiger partial charge < -0.3 is 5.32 Å². The molecule has 13 heavy (non-hydrogen) atoms. The van der Waals surface area contributed by atoms with E-state index in [-0.39, 0.29) is 5.41 Å². The molecule has 0 radical (unpaired) electrons. The Balaban J connectivity index is 3.92. The quantitative estimate of drug-likeness (QED) is 0.265. The smallest absolute Gasteiger partial charge is 0.205 e. The van der Waals surface area contributed by atoms with Gasteiger partial charge in [-0.05, 0) is 11.8 Å². The molecule has 0 fully saturated rings. The summed E-state index contributed by atoms with van der Waals surface area (Å²) in [5, 5.41) is 3.11. The molecule has 4 nitrogen and oxygen atoms in total. The lowest BCUT2D eigenvalue weighted by Crippen LogP contribution is -2.42. The number of nitrogens with one attached hydrogen (secondary N) is 2. The predicted molar refractivity (Wildman–Crippen MR) is 57.4 cm³/mol. The van der Waals surface area contributed by atoms with Gasteiger partial charge in [-0.25, -0.2) is 5.84 Å². The van der Waals surface area contributed by atoms with Gasteiger partial charge in [-0.15, -0.1) is 0 Å². The molecular weight excluding hydrogens is 164 g/mol. The summed E-state index contributed by atoms with van der Waals surface area (Å²) in [6.45, 7) is 10.2. The summed E-state index contributed by atoms with van der Waals surface area (Å²) in [6.07, 6.45) is 1.07. The van der Waals surface area contributed by atoms with E-state index in [1.54, 1.807) is 0 Å². The maximum Gasteiger partial charge on any atom is 0.205 e. The zero-order valence-electron chi connectivity index (χ0n) is 9.15. The molecule has 0 unspecified atom stereocenters. The molecular formula is C9H22N4. The van der Waals surface area contributed by atoms with Gasteiger partial charge in [-0.1, -0.05) is 27.7 Å². The second-order valence-corrected chi connectivity index (χ2v) is 4.30. The Morgan fingerprint density at radius 2 is 2.00 bits per heavy atom. The first-order valence-corrected chi connectivity index (χ1v) is 4.74. The van der Waals surface area contributed by atoms with Crippen molar-refractivity contribution in [1.82, 2.24) is 10.7 Å². The molecule has 0 aromatic rings. The van der Waals surface area contributed by atoms with E-state index < -0.39 is 0 Å². The van der Waals surface area contributed by atoms with Crippen molar-refractivity contribution in [3.63, 3.8) is 0 Å². The monoisotopic (exact) mass is 186 g/mol. The lowest BCUT2D eigenvalue weighted by molar-refractivity contribution is 0.428. The number of aliphatic imine (C=N–C) groups is 1. The van der Waals surface area contributed by atoms with Crippen LogP contribution in [0.5, 0.6) is 0 Å². The average Bonchev–Trinajstić information content (AvgIpc) is 2.03. The number of rotatable bonds is 3. The van der Waals surface area contributed by atoms with Crippen molar-refractivity contribution in [3.8, 4) is 0 Å². The van der Waals surface area contributed by atoms with E-state index in [1.165, 1.54) is 0 Å². The Bertz CT molecular complexity index is 157. The minimum absolute atomic E-state index is 0.204. The molecule has 0 aliphatic rings. The minimum atomic E-state index is 0.204. The molecule has 0 aromatic carbocycles. The molecule has 0 amide bonds. The van der Waals surface area contributed by atoms with E-state index in [1.807, 2.05) is 0 Å². The van der Waals surface area contributed by atoms with E-state index in [9.17, 15) is 0 Å². The first kappa shape index (κ1) is 12.2. The van der Waals surface area contributed by atoms with Crippen LogP contribution in [0.2, 0.25) is 0 Å². The number of hydrogen-bond acceptors (Lipinski definition) is 2. The Hall–Kier alpha value is -0.770. The van der Waals surface area contributed by atoms with Gasteiger partial charge in [0.1, 0.15) is 0 Å². The highest BCUT2D eigenvalue weighted by atomic mass is 15.3. The molecule has 0 bridgehead atoms. The second kappa shape index (κ2) is 5.80. The van der Waals surface area contributed by atoms with E-state index in [2.05, 4.69) is 43.4 Å². The van der Waals surface area contributed by atoms with E-state index in [4.69, 9.17) is 5.84 Å². The van der Waals surface area contributed by atoms with Crippen LogP contribution >= 0.6 is 0 Å². The molecule has 0 saturated heterocycles. The van der Waals surface area contributed by atoms with Crippen molar-refractivity contribution in [2.75, 3.05) is 13.1 Å². The number of hydrogen-bond donors (Lipinski definition) is 3. The number of nitrogens with zero attached hydrogens (tertiary/aromatic N) is 1. The fourth-order valence-corrected chi connectivity index (χ4v) is 0.712. The van der Waals surface area contributed by atoms with Gasteiger partial charge in [0.2, 0.25) is 5.96 Å². The average molecular weight is 186 g/mol. The van der Waals surface area contributed by atoms with Gasteiger partial charge >= 0.3 is 0 Å². The number of guanidine groups is 1. The molecule has 0 heterocycles. The SMILES string of the molecule is CCCNC(=NCC(C)(C)C)NN. The van der Waals surface area contributed by atoms with Gasteiger partial charge in [-0.2, -0.15) is 0 Å². The number of nitrogens with two attached hydrogens (primary N) is 1. The molecule has 0 atom stereocenters. The highest BCUT2D eigenvalue weighted by molar-refractivity contribution is 5.79. The maximum absolute atomic E-state index is 5.30. The molecule has 0 rings (SSSR count). The van der Waals surface area contributed by atoms with E-state index >= 15 is 0 Å². The first-order chi connectivity index (χ1) is 5.99. The fraction of sp³-hybridized carbons (Fsp3) is 0.889. The van der Waals surface area contributed by atoms with Crippen molar-refractivity contribution >= 4 is 5.96 Å². The molecule has 0 aliphatic heterocycles. The summed E-state index contributed by atoms with van der Waals surface area (Å²) in [4.78, 5) is 4.32. The van der Waals surface area contributed by atoms with Crippen molar-refractivity contribution in [3.05, 3.63) is 0 Å². The highest BCUT2D eigenvalue weighted by Crippen LogP contribution is 2.12. The van der Waals surface area contributed by atoms with E-state index in [0.29, 0.717) is 5.96 Å². The summed E-state index contributed by atoms with van der Waals surface area (Å²) in [5.74, 6) is 5.98. The van der Waals surface area contributed by atoms with E-state index in [0.717, 1.165) is 19.5 Å². The lowest BCUT2D eigenvalue weighted by atomic mass is 9.97. The Labute approximate surface area is 81.0 Å². The van der Waals surface area contributed by atoms with Crippen LogP contribution in [-0.4, -0.2) is 19.0 Å². The van der Waals surface area contributed by atoms with Crippen LogP contribution in [0.3, 0.4) is 0 Å². The first-order valence-electron chi connectivity index (χ1n) is 4.74. The van der Waals surface area contributed by atoms with Crippen LogP contribution in [0, 0.1) is 5.41 Å². The summed E-state index contributed by atoms with van der Waals surface area (Å²) >= 11 is 0. The normalized spacial score (nSPS) is 12.8. The van der Waals surface area contributed by atoms with Crippen LogP contribution in [0.25, 0.3) is 0 Å². The second-order valence-electron chi connectivity index (χ2n) is 4.30. The maximum atomic E-state index is 5.30. The van der Waals surface area contributed by atoms with Crippen LogP contribution in [0.15, 0.2) is 4.99 Å². The molecule has 0 spiro atoms. The molecule has 78 valence electrons. The predicted octanol–water partition coefficient (Wildman–Crippen LogP) is 0.851. The Morgan fingerprint density at radius 1 is 1.38 bits per heavy atom. The van der Waals surface area contributed by atoms with Crippen LogP contribution in [-0.2, 0) is 0 Å². The third-order valence-corrected chi connectivity index (χ3v) is 1.39. The molecule has 4 N–H and O–H groups in total. The van der Waals surface area contributed by atoms with Gasteiger partial charge in [0.25, 0.3) is 0 Å². The summed E-state index contributed by atoms with van der Waals surface area (Å²) in [7, 11) is 0. The molecule has 0 saturated carbocycles. The van der Waals surface area contributed by atoms with Gasteiger partial charge in [-0.3, -0.25) is 10.4 Å². The third kappa shape index (κ3) is 7.59. The van der Waals surface area contributed by atoms with Crippen molar-refractivity contribution in [2.24, 2.45) is 16.3 Å². The fourth-order valence-electron chi connectivity index (χ4n) is 0.712. The summed E-state index contributed by atoms with van der Waals surface area (Å²) in [5.41, 5.74) is 2.75. The van der Waals surface area contributed by atoms with Gasteiger partial charge in [0, 0.05) is 13.1 Å². The van der Waals surface area contributed by atoms with Gasteiger partial charge in [0.05, 0.1) is 0 Å². The summed E-state index contributed by atoms with van der Waals surface area (Å²) in [6, 6.07) is 0. The van der Waals surface area contributed by atoms with Gasteiger partial charge in [0.15, 0.2) is 0 Å². The topological polar surface area (TPSA) is 62.4 Å². The van der Waals surface area contributed by atoms with Crippen molar-refractivity contribution in [2.45, 2.75) is 34.1 Å². The molecule has 4 heteroatoms. The van der Waals surface area contributed by atoms with Crippen molar-refractivity contribution in [1.29, 1.82) is 0 Å². The Kier molecular flexibility index (Phi) is 5.46. The minimum Gasteiger partial charge on any atom is -0.355 e. The largest absolute Gasteiger partial charge is 0.355 e. The van der Waals surface area contributed by atoms with Crippen LogP contribution in [0.4, 0.5) is 0 Å². The third-order valence-electron chi connectivity index (χ3n) is 1.39. The van der Waals surface area contributed by atoms with Crippen molar-refractivity contribution < 1.29 is 0 Å². The standard InChI is InChI=1S/C9H22N4/c1-5-6-11-8(13-10)12-7-9(2,3)4/h5-7,10H2,1-4H3,(H2,11,12,13). The molecule has 0 aliphatic carbocycles. The highest BCUT2D eigenvalue weighted by Gasteiger charge is 2.08. The van der Waals surface area contributed by atoms with Crippen LogP contribution in [0.1, 0.15) is 34.1 Å². The summed E-state index contributed by atoms with van der Waals surface area (Å²) < 4.78 is 0. The lowest BCUT2D eigenvalue weighted by Gasteiger charge is -2.16.